The quantitative estimate of drug-likeness (QED) is 0.705. The van der Waals surface area contributed by atoms with E-state index in [2.05, 4.69) is 0 Å². The Bertz CT molecular complexity index is 811. The minimum atomic E-state index is -0.427. The van der Waals surface area contributed by atoms with Crippen LogP contribution in [0.25, 0.3) is 6.08 Å². The van der Waals surface area contributed by atoms with E-state index < -0.39 is 11.1 Å². The fourth-order valence-electron chi connectivity index (χ4n) is 2.83. The average Bonchev–Trinajstić information content (AvgIpc) is 2.96. The molecule has 28 heavy (non-hydrogen) atoms. The first kappa shape index (κ1) is 20.2. The number of imide groups is 1. The zero-order chi connectivity index (χ0) is 20.1. The summed E-state index contributed by atoms with van der Waals surface area (Å²) in [7, 11) is 3.95. The molecule has 1 aromatic carbocycles. The number of benzene rings is 1. The van der Waals surface area contributed by atoms with Crippen molar-refractivity contribution in [3.63, 3.8) is 0 Å². The molecule has 8 heteroatoms. The molecule has 0 N–H and O–H groups in total. The number of thioether (sulfide) groups is 1. The lowest BCUT2D eigenvalue weighted by molar-refractivity contribution is -0.139. The lowest BCUT2D eigenvalue weighted by atomic mass is 10.2. The molecule has 2 heterocycles. The highest BCUT2D eigenvalue weighted by atomic mass is 32.2. The van der Waals surface area contributed by atoms with Crippen molar-refractivity contribution < 1.29 is 19.1 Å². The zero-order valence-electron chi connectivity index (χ0n) is 16.0. The Kier molecular flexibility index (Phi) is 6.53. The summed E-state index contributed by atoms with van der Waals surface area (Å²) in [4.78, 5) is 41.9. The third-order valence-electron chi connectivity index (χ3n) is 4.48. The van der Waals surface area contributed by atoms with Crippen molar-refractivity contribution in [3.8, 4) is 0 Å². The van der Waals surface area contributed by atoms with Gasteiger partial charge in [0.2, 0.25) is 5.91 Å². The number of morpholine rings is 1. The van der Waals surface area contributed by atoms with Gasteiger partial charge in [-0.15, -0.1) is 0 Å². The third kappa shape index (κ3) is 4.82. The number of hydrogen-bond acceptors (Lipinski definition) is 6. The molecule has 0 aliphatic carbocycles. The summed E-state index contributed by atoms with van der Waals surface area (Å²) in [5.41, 5.74) is 2.09. The smallest absolute Gasteiger partial charge is 0.294 e. The summed E-state index contributed by atoms with van der Waals surface area (Å²) >= 11 is 0.857. The Morgan fingerprint density at radius 3 is 2.50 bits per heavy atom. The van der Waals surface area contributed by atoms with Crippen LogP contribution in [-0.2, 0) is 14.3 Å². The second kappa shape index (κ2) is 9.07. The van der Waals surface area contributed by atoms with Crippen LogP contribution in [0, 0.1) is 0 Å². The maximum Gasteiger partial charge on any atom is 0.294 e. The number of amides is 3. The van der Waals surface area contributed by atoms with Gasteiger partial charge in [0.05, 0.1) is 18.1 Å². The van der Waals surface area contributed by atoms with Gasteiger partial charge in [0, 0.05) is 32.9 Å². The standard InChI is InChI=1S/C20H23N3O4S/c1-21(2)16-8-6-15(7-9-16)4-3-5-17-19(25)23(20(26)28-17)14-18(24)22-10-12-27-13-11-22/h3-9H,10-14H2,1-2H3/b4-3+,17-5+. The van der Waals surface area contributed by atoms with Crippen LogP contribution in [0.4, 0.5) is 10.5 Å². The Morgan fingerprint density at radius 2 is 1.86 bits per heavy atom. The van der Waals surface area contributed by atoms with E-state index in [1.54, 1.807) is 17.1 Å². The second-order valence-corrected chi connectivity index (χ2v) is 7.62. The van der Waals surface area contributed by atoms with Crippen LogP contribution in [0.2, 0.25) is 0 Å². The lowest BCUT2D eigenvalue weighted by Gasteiger charge is -2.27. The van der Waals surface area contributed by atoms with Gasteiger partial charge < -0.3 is 14.5 Å². The van der Waals surface area contributed by atoms with Crippen LogP contribution < -0.4 is 4.90 Å². The number of nitrogens with zero attached hydrogens (tertiary/aromatic N) is 3. The summed E-state index contributed by atoms with van der Waals surface area (Å²) < 4.78 is 5.21. The van der Waals surface area contributed by atoms with Crippen molar-refractivity contribution in [2.75, 3.05) is 51.8 Å². The predicted molar refractivity (Wildman–Crippen MR) is 110 cm³/mol. The molecule has 0 unspecified atom stereocenters. The summed E-state index contributed by atoms with van der Waals surface area (Å²) in [5.74, 6) is -0.660. The van der Waals surface area contributed by atoms with Crippen molar-refractivity contribution >= 4 is 40.6 Å². The largest absolute Gasteiger partial charge is 0.378 e. The molecule has 2 saturated heterocycles. The van der Waals surface area contributed by atoms with E-state index in [1.807, 2.05) is 49.3 Å². The Balaban J connectivity index is 1.61. The van der Waals surface area contributed by atoms with E-state index in [4.69, 9.17) is 4.74 Å². The third-order valence-corrected chi connectivity index (χ3v) is 5.40. The van der Waals surface area contributed by atoms with Crippen LogP contribution >= 0.6 is 11.8 Å². The molecule has 2 aliphatic rings. The van der Waals surface area contributed by atoms with Gasteiger partial charge in [0.25, 0.3) is 11.1 Å². The molecule has 148 valence electrons. The van der Waals surface area contributed by atoms with Gasteiger partial charge in [-0.3, -0.25) is 19.3 Å². The monoisotopic (exact) mass is 401 g/mol. The molecule has 3 amide bonds. The zero-order valence-corrected chi connectivity index (χ0v) is 16.8. The molecule has 3 rings (SSSR count). The van der Waals surface area contributed by atoms with Crippen molar-refractivity contribution in [3.05, 3.63) is 46.9 Å². The predicted octanol–water partition coefficient (Wildman–Crippen LogP) is 2.20. The summed E-state index contributed by atoms with van der Waals surface area (Å²) in [6.07, 6.45) is 5.22. The number of carbonyl (C=O) groups is 3. The first-order valence-electron chi connectivity index (χ1n) is 9.00. The molecule has 0 aromatic heterocycles. The van der Waals surface area contributed by atoms with Gasteiger partial charge >= 0.3 is 0 Å². The molecule has 0 bridgehead atoms. The van der Waals surface area contributed by atoms with Gasteiger partial charge in [-0.25, -0.2) is 0 Å². The Hall–Kier alpha value is -2.58. The van der Waals surface area contributed by atoms with Crippen molar-refractivity contribution in [1.29, 1.82) is 0 Å². The number of anilines is 1. The Labute approximate surface area is 168 Å². The molecule has 1 aromatic rings. The minimum Gasteiger partial charge on any atom is -0.378 e. The molecular formula is C20H23N3O4S. The molecule has 0 radical (unpaired) electrons. The van der Waals surface area contributed by atoms with E-state index in [-0.39, 0.29) is 12.5 Å². The van der Waals surface area contributed by atoms with Crippen molar-refractivity contribution in [2.45, 2.75) is 0 Å². The maximum absolute atomic E-state index is 12.5. The summed E-state index contributed by atoms with van der Waals surface area (Å²) in [6.45, 7) is 1.71. The van der Waals surface area contributed by atoms with E-state index in [0.717, 1.165) is 27.9 Å². The van der Waals surface area contributed by atoms with Crippen molar-refractivity contribution in [2.24, 2.45) is 0 Å². The number of ether oxygens (including phenoxy) is 1. The molecular weight excluding hydrogens is 378 g/mol. The fourth-order valence-corrected chi connectivity index (χ4v) is 3.62. The van der Waals surface area contributed by atoms with E-state index in [9.17, 15) is 14.4 Å². The summed E-state index contributed by atoms with van der Waals surface area (Å²) in [5, 5.41) is -0.415. The highest BCUT2D eigenvalue weighted by molar-refractivity contribution is 8.18. The molecule has 7 nitrogen and oxygen atoms in total. The van der Waals surface area contributed by atoms with Crippen LogP contribution in [0.3, 0.4) is 0 Å². The van der Waals surface area contributed by atoms with Gasteiger partial charge in [0.1, 0.15) is 6.54 Å². The first-order valence-corrected chi connectivity index (χ1v) is 9.82. The minimum absolute atomic E-state index is 0.224. The number of allylic oxidation sites excluding steroid dienone is 2. The molecule has 2 aliphatic heterocycles. The number of carbonyl (C=O) groups excluding carboxylic acids is 3. The van der Waals surface area contributed by atoms with Gasteiger partial charge in [-0.1, -0.05) is 24.3 Å². The maximum atomic E-state index is 12.5. The van der Waals surface area contributed by atoms with Gasteiger partial charge in [-0.05, 0) is 35.5 Å². The van der Waals surface area contributed by atoms with Gasteiger partial charge in [0.15, 0.2) is 0 Å². The molecule has 0 saturated carbocycles. The normalized spacial score (nSPS) is 19.1. The second-order valence-electron chi connectivity index (χ2n) is 6.63. The highest BCUT2D eigenvalue weighted by Crippen LogP contribution is 2.30. The van der Waals surface area contributed by atoms with Gasteiger partial charge in [-0.2, -0.15) is 0 Å². The fraction of sp³-hybridized carbons (Fsp3) is 0.350. The number of rotatable bonds is 5. The lowest BCUT2D eigenvalue weighted by Crippen LogP contribution is -2.46. The van der Waals surface area contributed by atoms with Crippen LogP contribution in [0.5, 0.6) is 0 Å². The van der Waals surface area contributed by atoms with Crippen LogP contribution in [0.15, 0.2) is 41.3 Å². The van der Waals surface area contributed by atoms with E-state index in [1.165, 1.54) is 0 Å². The molecule has 2 fully saturated rings. The number of hydrogen-bond donors (Lipinski definition) is 0. The summed E-state index contributed by atoms with van der Waals surface area (Å²) in [6, 6.07) is 7.97. The van der Waals surface area contributed by atoms with E-state index >= 15 is 0 Å². The SMILES string of the molecule is CN(C)c1ccc(/C=C/C=C2/SC(=O)N(CC(=O)N3CCOCC3)C2=O)cc1. The average molecular weight is 401 g/mol. The van der Waals surface area contributed by atoms with Crippen LogP contribution in [-0.4, -0.2) is 73.8 Å². The van der Waals surface area contributed by atoms with Crippen LogP contribution in [0.1, 0.15) is 5.56 Å². The highest BCUT2D eigenvalue weighted by Gasteiger charge is 2.36. The molecule has 0 spiro atoms. The van der Waals surface area contributed by atoms with E-state index in [0.29, 0.717) is 31.2 Å². The molecule has 0 atom stereocenters. The topological polar surface area (TPSA) is 70.2 Å². The Morgan fingerprint density at radius 1 is 1.18 bits per heavy atom. The first-order chi connectivity index (χ1) is 13.5. The van der Waals surface area contributed by atoms with Crippen molar-refractivity contribution in [1.82, 2.24) is 9.80 Å².